The summed E-state index contributed by atoms with van der Waals surface area (Å²) >= 11 is 0. The van der Waals surface area contributed by atoms with Crippen LogP contribution in [-0.4, -0.2) is 207 Å². The van der Waals surface area contributed by atoms with Crippen LogP contribution in [0.2, 0.25) is 0 Å². The van der Waals surface area contributed by atoms with Gasteiger partial charge in [0.2, 0.25) is 0 Å². The molecule has 1 rings (SSSR count). The molecule has 0 amide bonds. The molecule has 147 heavy (non-hydrogen) atoms. The predicted octanol–water partition coefficient (Wildman–Crippen LogP) is 19.8. The van der Waals surface area contributed by atoms with Gasteiger partial charge in [0.15, 0.2) is 0 Å². The van der Waals surface area contributed by atoms with Crippen molar-refractivity contribution in [1.82, 2.24) is 0 Å². The summed E-state index contributed by atoms with van der Waals surface area (Å²) in [6, 6.07) is 10.3. The quantitative estimate of drug-likeness (QED) is 0.0867. The monoisotopic (exact) mass is 2430 g/mol. The molecule has 0 saturated carbocycles. The molecule has 1 aromatic rings. The summed E-state index contributed by atoms with van der Waals surface area (Å²) in [6.45, 7) is 133. The molecule has 0 aliphatic heterocycles. The first-order valence-corrected chi connectivity index (χ1v) is 62.9. The third kappa shape index (κ3) is 133. The minimum absolute atomic E-state index is 0. The number of rotatable bonds is 24. The van der Waals surface area contributed by atoms with E-state index in [4.69, 9.17) is 106 Å². The Morgan fingerprint density at radius 3 is 0.190 bits per heavy atom. The minimum atomic E-state index is -3.91. The van der Waals surface area contributed by atoms with E-state index in [-0.39, 0.29) is 66.0 Å². The van der Waals surface area contributed by atoms with E-state index in [1.807, 2.05) is 517 Å². The molecule has 0 spiro atoms. The van der Waals surface area contributed by atoms with Crippen molar-refractivity contribution in [3.05, 3.63) is 35.9 Å². The zero-order valence-corrected chi connectivity index (χ0v) is 119. The zero-order chi connectivity index (χ0) is 118. The van der Waals surface area contributed by atoms with Gasteiger partial charge < -0.3 is 145 Å². The Kier molecular flexibility index (Phi) is 73.6. The van der Waals surface area contributed by atoms with Crippen LogP contribution in [0, 0.1) is 6.92 Å². The van der Waals surface area contributed by atoms with Crippen molar-refractivity contribution in [2.45, 2.75) is 640 Å². The first kappa shape index (κ1) is 174. The molecule has 0 heterocycles. The van der Waals surface area contributed by atoms with Crippen molar-refractivity contribution in [3.8, 4) is 0 Å². The Hall–Kier alpha value is 1.65. The van der Waals surface area contributed by atoms with E-state index in [0.717, 1.165) is 0 Å². The van der Waals surface area contributed by atoms with Crippen LogP contribution in [0.25, 0.3) is 0 Å². The van der Waals surface area contributed by atoms with Gasteiger partial charge in [-0.1, -0.05) is 35.9 Å². The summed E-state index contributed by atoms with van der Waals surface area (Å²) in [5.74, 6) is 0. The molecular formula is C103H224Ni4O32Si8. The standard InChI is InChI=1S/8C12H27O4Si.C7H8.4Ni/c8*1-10(2,3)14-17(13,15-11(4,5)6)16-12(7,8)9;1-7-5-3-2-4-6-7;;;;/h8*1-9H3;2-6H,1H3;;;;/q8*-1;;4*+2. The van der Waals surface area contributed by atoms with E-state index in [1.165, 1.54) is 5.56 Å². The van der Waals surface area contributed by atoms with Crippen LogP contribution in [0.15, 0.2) is 30.3 Å². The molecule has 1 aromatic carbocycles. The van der Waals surface area contributed by atoms with Gasteiger partial charge in [-0.25, -0.2) is 0 Å². The Bertz CT molecular complexity index is 2630. The van der Waals surface area contributed by atoms with E-state index >= 15 is 0 Å². The fourth-order valence-corrected chi connectivity index (χ4v) is 29.0. The largest absolute Gasteiger partial charge is 2.00 e. The SMILES string of the molecule is CC(C)(C)O[Si]([O-])(OC(C)(C)C)OC(C)(C)C.CC(C)(C)O[Si]([O-])(OC(C)(C)C)OC(C)(C)C.CC(C)(C)O[Si]([O-])(OC(C)(C)C)OC(C)(C)C.CC(C)(C)O[Si]([O-])(OC(C)(C)C)OC(C)(C)C.CC(C)(C)O[Si]([O-])(OC(C)(C)C)OC(C)(C)C.CC(C)(C)O[Si]([O-])(OC(C)(C)C)OC(C)(C)C.CC(C)(C)O[Si]([O-])(OC(C)(C)C)OC(C)(C)C.CC(C)(C)O[Si]([O-])(OC(C)(C)C)OC(C)(C)C.Cc1ccccc1.[Ni+2].[Ni+2].[Ni+2].[Ni+2]. The molecule has 0 fully saturated rings. The fourth-order valence-electron chi connectivity index (χ4n) is 10.0. The molecule has 44 heteroatoms. The smallest absolute Gasteiger partial charge is 0.793 e. The molecule has 0 saturated heterocycles. The van der Waals surface area contributed by atoms with Crippen LogP contribution in [0.3, 0.4) is 0 Å². The van der Waals surface area contributed by atoms with E-state index in [1.54, 1.807) is 0 Å². The Balaban J connectivity index is -0.000000140. The van der Waals surface area contributed by atoms with Gasteiger partial charge in [0, 0.05) is 0 Å². The van der Waals surface area contributed by atoms with Crippen molar-refractivity contribution in [3.63, 3.8) is 0 Å². The predicted molar refractivity (Wildman–Crippen MR) is 577 cm³/mol. The topological polar surface area (TPSA) is 406 Å². The summed E-state index contributed by atoms with van der Waals surface area (Å²) < 4.78 is 132. The van der Waals surface area contributed by atoms with E-state index in [9.17, 15) is 38.4 Å². The van der Waals surface area contributed by atoms with E-state index < -0.39 is 207 Å². The average molecular weight is 2430 g/mol. The van der Waals surface area contributed by atoms with Gasteiger partial charge in [-0.2, -0.15) is 0 Å². The molecule has 0 atom stereocenters. The van der Waals surface area contributed by atoms with Gasteiger partial charge >= 0.3 is 138 Å². The van der Waals surface area contributed by atoms with Crippen molar-refractivity contribution in [2.75, 3.05) is 0 Å². The molecule has 900 valence electrons. The minimum Gasteiger partial charge on any atom is -0.793 e. The van der Waals surface area contributed by atoms with Gasteiger partial charge in [0.1, 0.15) is 0 Å². The first-order chi connectivity index (χ1) is 60.4. The van der Waals surface area contributed by atoms with Crippen molar-refractivity contribution in [1.29, 1.82) is 0 Å². The van der Waals surface area contributed by atoms with Crippen molar-refractivity contribution >= 4 is 72.4 Å². The fraction of sp³-hybridized carbons (Fsp3) is 0.942. The molecule has 0 bridgehead atoms. The summed E-state index contributed by atoms with van der Waals surface area (Å²) in [7, 11) is -31.2. The number of hydrogen-bond acceptors (Lipinski definition) is 32. The number of benzene rings is 1. The van der Waals surface area contributed by atoms with E-state index in [0.29, 0.717) is 0 Å². The third-order valence-electron chi connectivity index (χ3n) is 11.3. The van der Waals surface area contributed by atoms with Crippen LogP contribution in [0.5, 0.6) is 0 Å². The Labute approximate surface area is 951 Å². The number of aryl methyl sites for hydroxylation is 1. The van der Waals surface area contributed by atoms with Crippen molar-refractivity contribution in [2.24, 2.45) is 0 Å². The molecule has 32 nitrogen and oxygen atoms in total. The maximum absolute atomic E-state index is 12.6. The summed E-state index contributed by atoms with van der Waals surface area (Å²) in [5, 5.41) is 0. The normalized spacial score (nSPS) is 14.5. The maximum atomic E-state index is 12.6. The first-order valence-electron chi connectivity index (χ1n) is 49.8. The van der Waals surface area contributed by atoms with Crippen LogP contribution in [0.1, 0.15) is 504 Å². The third-order valence-corrected chi connectivity index (χ3v) is 32.0. The van der Waals surface area contributed by atoms with Crippen LogP contribution >= 0.6 is 0 Å². The Morgan fingerprint density at radius 2 is 0.163 bits per heavy atom. The summed E-state index contributed by atoms with van der Waals surface area (Å²) in [5.41, 5.74) is -12.6. The molecule has 0 unspecified atom stereocenters. The van der Waals surface area contributed by atoms with Gasteiger partial charge in [-0.05, 0) is 505 Å². The molecule has 0 aliphatic carbocycles. The van der Waals surface area contributed by atoms with Crippen LogP contribution in [-0.2, 0) is 172 Å². The molecule has 0 aliphatic rings. The summed E-state index contributed by atoms with van der Waals surface area (Å²) in [6.07, 6.45) is 0. The van der Waals surface area contributed by atoms with Gasteiger partial charge in [0.05, 0.1) is 134 Å². The maximum Gasteiger partial charge on any atom is 2.00 e. The van der Waals surface area contributed by atoms with Crippen molar-refractivity contribution < 1.29 is 211 Å². The Morgan fingerprint density at radius 1 is 0.116 bits per heavy atom. The van der Waals surface area contributed by atoms with Crippen LogP contribution in [0.4, 0.5) is 0 Å². The molecular weight excluding hydrogens is 2210 g/mol. The molecule has 0 aromatic heterocycles. The summed E-state index contributed by atoms with van der Waals surface area (Å²) in [4.78, 5) is 101. The van der Waals surface area contributed by atoms with Gasteiger partial charge in [-0.3, -0.25) is 0 Å². The molecule has 0 N–H and O–H groups in total. The number of hydrogen-bond donors (Lipinski definition) is 0. The second-order valence-corrected chi connectivity index (χ2v) is 71.7. The van der Waals surface area contributed by atoms with Gasteiger partial charge in [-0.15, -0.1) is 0 Å². The van der Waals surface area contributed by atoms with Gasteiger partial charge in [0.25, 0.3) is 0 Å². The zero-order valence-electron chi connectivity index (χ0n) is 107. The molecule has 0 radical (unpaired) electrons. The second kappa shape index (κ2) is 62.4. The second-order valence-electron chi connectivity index (χ2n) is 58.8. The van der Waals surface area contributed by atoms with Crippen LogP contribution < -0.4 is 38.4 Å². The van der Waals surface area contributed by atoms with E-state index in [2.05, 4.69) is 19.1 Å². The average Bonchev–Trinajstić information content (AvgIpc) is 0.855.